The summed E-state index contributed by atoms with van der Waals surface area (Å²) in [5, 5.41) is 0. The van der Waals surface area contributed by atoms with Crippen LogP contribution in [-0.2, 0) is 5.41 Å². The molecule has 0 N–H and O–H groups in total. The zero-order valence-electron chi connectivity index (χ0n) is 6.72. The van der Waals surface area contributed by atoms with E-state index in [1.54, 1.807) is 11.5 Å². The molecule has 0 atom stereocenters. The van der Waals surface area contributed by atoms with Crippen LogP contribution in [0.2, 0.25) is 0 Å². The zero-order chi connectivity index (χ0) is 7.61. The summed E-state index contributed by atoms with van der Waals surface area (Å²) in [5.41, 5.74) is 0.321. The molecule has 0 saturated carbocycles. The molecule has 0 fully saturated rings. The van der Waals surface area contributed by atoms with Crippen LogP contribution in [0, 0.1) is 0 Å². The van der Waals surface area contributed by atoms with Crippen LogP contribution in [0.25, 0.3) is 0 Å². The minimum absolute atomic E-state index is 0.321. The van der Waals surface area contributed by atoms with Crippen LogP contribution in [0.5, 0.6) is 0 Å². The number of rotatable bonds is 2. The lowest BCUT2D eigenvalue weighted by Gasteiger charge is -2.19. The summed E-state index contributed by atoms with van der Waals surface area (Å²) in [6, 6.07) is 2.11. The lowest BCUT2D eigenvalue weighted by atomic mass is 9.89. The molecule has 0 aliphatic carbocycles. The van der Waals surface area contributed by atoms with E-state index in [1.165, 1.54) is 11.3 Å². The Hall–Kier alpha value is -0.370. The van der Waals surface area contributed by atoms with Gasteiger partial charge < -0.3 is 0 Å². The van der Waals surface area contributed by atoms with Crippen LogP contribution in [0.3, 0.4) is 0 Å². The van der Waals surface area contributed by atoms with Gasteiger partial charge in [0.2, 0.25) is 0 Å². The minimum Gasteiger partial charge on any atom is -0.201 e. The highest BCUT2D eigenvalue weighted by atomic mass is 32.1. The van der Waals surface area contributed by atoms with Gasteiger partial charge in [0.1, 0.15) is 0 Å². The van der Waals surface area contributed by atoms with E-state index in [0.29, 0.717) is 5.41 Å². The number of hydrogen-bond acceptors (Lipinski definition) is 2. The first-order valence-electron chi connectivity index (χ1n) is 3.58. The Labute approximate surface area is 66.3 Å². The van der Waals surface area contributed by atoms with Gasteiger partial charge in [-0.15, -0.1) is 0 Å². The molecule has 0 unspecified atom stereocenters. The Morgan fingerprint density at radius 2 is 2.30 bits per heavy atom. The van der Waals surface area contributed by atoms with Crippen LogP contribution < -0.4 is 0 Å². The number of nitrogens with zero attached hydrogens (tertiary/aromatic N) is 1. The minimum atomic E-state index is 0.321. The Kier molecular flexibility index (Phi) is 2.09. The second-order valence-electron chi connectivity index (χ2n) is 3.11. The summed E-state index contributed by atoms with van der Waals surface area (Å²) in [4.78, 5) is 1.38. The molecule has 0 amide bonds. The van der Waals surface area contributed by atoms with Crippen molar-refractivity contribution in [2.24, 2.45) is 0 Å². The van der Waals surface area contributed by atoms with Gasteiger partial charge in [0.15, 0.2) is 0 Å². The average Bonchev–Trinajstić information content (AvgIpc) is 2.38. The molecule has 10 heavy (non-hydrogen) atoms. The van der Waals surface area contributed by atoms with Crippen molar-refractivity contribution in [3.63, 3.8) is 0 Å². The van der Waals surface area contributed by atoms with Gasteiger partial charge in [-0.05, 0) is 24.0 Å². The van der Waals surface area contributed by atoms with Gasteiger partial charge in [-0.1, -0.05) is 20.8 Å². The maximum Gasteiger partial charge on any atom is 0.0409 e. The van der Waals surface area contributed by atoms with E-state index >= 15 is 0 Å². The van der Waals surface area contributed by atoms with E-state index in [-0.39, 0.29) is 0 Å². The Bertz CT molecular complexity index is 189. The molecule has 1 heterocycles. The monoisotopic (exact) mass is 155 g/mol. The molecule has 0 radical (unpaired) electrons. The maximum absolute atomic E-state index is 4.08. The van der Waals surface area contributed by atoms with Gasteiger partial charge >= 0.3 is 0 Å². The average molecular weight is 155 g/mol. The molecular formula is C8H13NS. The van der Waals surface area contributed by atoms with Crippen LogP contribution in [0.15, 0.2) is 12.3 Å². The van der Waals surface area contributed by atoms with Crippen molar-refractivity contribution in [2.75, 3.05) is 0 Å². The third kappa shape index (κ3) is 1.37. The molecular weight excluding hydrogens is 142 g/mol. The molecule has 1 aromatic rings. The molecule has 0 bridgehead atoms. The highest BCUT2D eigenvalue weighted by molar-refractivity contribution is 7.05. The van der Waals surface area contributed by atoms with Gasteiger partial charge in [-0.25, -0.2) is 4.37 Å². The molecule has 0 spiro atoms. The molecule has 2 heteroatoms. The summed E-state index contributed by atoms with van der Waals surface area (Å²) in [6.45, 7) is 6.71. The van der Waals surface area contributed by atoms with Crippen LogP contribution in [-0.4, -0.2) is 4.37 Å². The first-order chi connectivity index (χ1) is 4.67. The van der Waals surface area contributed by atoms with Crippen molar-refractivity contribution in [3.8, 4) is 0 Å². The summed E-state index contributed by atoms with van der Waals surface area (Å²) in [6.07, 6.45) is 3.05. The van der Waals surface area contributed by atoms with Crippen molar-refractivity contribution in [1.29, 1.82) is 0 Å². The molecule has 0 aliphatic rings. The zero-order valence-corrected chi connectivity index (χ0v) is 7.53. The summed E-state index contributed by atoms with van der Waals surface area (Å²) in [5.74, 6) is 0. The Morgan fingerprint density at radius 3 is 2.70 bits per heavy atom. The lowest BCUT2D eigenvalue weighted by Crippen LogP contribution is -2.12. The molecule has 56 valence electrons. The van der Waals surface area contributed by atoms with E-state index in [4.69, 9.17) is 0 Å². The summed E-state index contributed by atoms with van der Waals surface area (Å²) < 4.78 is 4.08. The van der Waals surface area contributed by atoms with Crippen molar-refractivity contribution >= 4 is 11.5 Å². The van der Waals surface area contributed by atoms with E-state index in [0.717, 1.165) is 0 Å². The Balaban J connectivity index is 2.85. The summed E-state index contributed by atoms with van der Waals surface area (Å²) >= 11 is 1.60. The predicted octanol–water partition coefficient (Wildman–Crippen LogP) is 2.83. The van der Waals surface area contributed by atoms with Crippen LogP contribution >= 0.6 is 11.5 Å². The second-order valence-corrected chi connectivity index (χ2v) is 3.95. The third-order valence-electron chi connectivity index (χ3n) is 1.99. The first-order valence-corrected chi connectivity index (χ1v) is 4.35. The van der Waals surface area contributed by atoms with Crippen LogP contribution in [0.1, 0.15) is 32.1 Å². The fourth-order valence-electron chi connectivity index (χ4n) is 0.739. The molecule has 0 aromatic carbocycles. The van der Waals surface area contributed by atoms with Gasteiger partial charge in [0.05, 0.1) is 0 Å². The molecule has 1 rings (SSSR count). The standard InChI is InChI=1S/C8H13NS/c1-4-8(2,3)7-5-6-9-10-7/h5-6H,4H2,1-3H3. The highest BCUT2D eigenvalue weighted by Gasteiger charge is 2.18. The topological polar surface area (TPSA) is 12.9 Å². The van der Waals surface area contributed by atoms with Crippen molar-refractivity contribution in [3.05, 3.63) is 17.1 Å². The second kappa shape index (κ2) is 2.70. The van der Waals surface area contributed by atoms with Crippen molar-refractivity contribution in [2.45, 2.75) is 32.6 Å². The number of aromatic nitrogens is 1. The molecule has 0 saturated heterocycles. The largest absolute Gasteiger partial charge is 0.201 e. The number of hydrogen-bond donors (Lipinski definition) is 0. The van der Waals surface area contributed by atoms with E-state index in [2.05, 4.69) is 31.2 Å². The molecule has 1 nitrogen and oxygen atoms in total. The highest BCUT2D eigenvalue weighted by Crippen LogP contribution is 2.28. The normalized spacial score (nSPS) is 11.9. The fraction of sp³-hybridized carbons (Fsp3) is 0.625. The Morgan fingerprint density at radius 1 is 1.60 bits per heavy atom. The lowest BCUT2D eigenvalue weighted by molar-refractivity contribution is 0.517. The third-order valence-corrected chi connectivity index (χ3v) is 3.10. The van der Waals surface area contributed by atoms with Gasteiger partial charge in [0.25, 0.3) is 0 Å². The maximum atomic E-state index is 4.08. The van der Waals surface area contributed by atoms with Gasteiger partial charge in [-0.2, -0.15) is 0 Å². The van der Waals surface area contributed by atoms with Gasteiger partial charge in [0, 0.05) is 16.5 Å². The fourth-order valence-corrected chi connectivity index (χ4v) is 1.49. The van der Waals surface area contributed by atoms with E-state index in [1.807, 2.05) is 6.20 Å². The van der Waals surface area contributed by atoms with Crippen molar-refractivity contribution < 1.29 is 0 Å². The van der Waals surface area contributed by atoms with E-state index < -0.39 is 0 Å². The quantitative estimate of drug-likeness (QED) is 0.640. The molecule has 0 aliphatic heterocycles. The first kappa shape index (κ1) is 7.73. The molecule has 1 aromatic heterocycles. The predicted molar refractivity (Wildman–Crippen MR) is 45.4 cm³/mol. The SMILES string of the molecule is CCC(C)(C)c1ccns1. The van der Waals surface area contributed by atoms with Crippen molar-refractivity contribution in [1.82, 2.24) is 4.37 Å². The van der Waals surface area contributed by atoms with Gasteiger partial charge in [-0.3, -0.25) is 0 Å². The van der Waals surface area contributed by atoms with E-state index in [9.17, 15) is 0 Å². The smallest absolute Gasteiger partial charge is 0.0409 e. The van der Waals surface area contributed by atoms with Crippen LogP contribution in [0.4, 0.5) is 0 Å². The summed E-state index contributed by atoms with van der Waals surface area (Å²) in [7, 11) is 0.